The van der Waals surface area contributed by atoms with E-state index in [2.05, 4.69) is 12.2 Å². The molecule has 14 heavy (non-hydrogen) atoms. The van der Waals surface area contributed by atoms with Gasteiger partial charge in [-0.15, -0.1) is 0 Å². The summed E-state index contributed by atoms with van der Waals surface area (Å²) in [6.45, 7) is 3.30. The summed E-state index contributed by atoms with van der Waals surface area (Å²) in [5.41, 5.74) is 0. The maximum absolute atomic E-state index is 9.48. The summed E-state index contributed by atoms with van der Waals surface area (Å²) in [5, 5.41) is 12.9. The van der Waals surface area contributed by atoms with E-state index in [-0.39, 0.29) is 6.10 Å². The third-order valence-corrected chi connectivity index (χ3v) is 2.77. The second kappa shape index (κ2) is 6.38. The summed E-state index contributed by atoms with van der Waals surface area (Å²) in [4.78, 5) is 0. The molecule has 0 amide bonds. The molecule has 84 valence electrons. The van der Waals surface area contributed by atoms with Crippen LogP contribution in [0.5, 0.6) is 0 Å². The molecule has 1 saturated carbocycles. The average molecular weight is 201 g/mol. The van der Waals surface area contributed by atoms with Crippen LogP contribution in [0.15, 0.2) is 0 Å². The van der Waals surface area contributed by atoms with Gasteiger partial charge in [-0.25, -0.2) is 0 Å². The molecule has 0 spiro atoms. The van der Waals surface area contributed by atoms with Gasteiger partial charge < -0.3 is 15.2 Å². The van der Waals surface area contributed by atoms with Crippen molar-refractivity contribution in [2.24, 2.45) is 5.92 Å². The molecule has 0 aromatic rings. The third kappa shape index (κ3) is 4.40. The highest BCUT2D eigenvalue weighted by Gasteiger charge is 2.30. The van der Waals surface area contributed by atoms with Crippen molar-refractivity contribution in [2.75, 3.05) is 20.3 Å². The van der Waals surface area contributed by atoms with Crippen molar-refractivity contribution in [1.29, 1.82) is 0 Å². The number of rotatable bonds is 8. The number of aliphatic hydroxyl groups excluding tert-OH is 1. The minimum atomic E-state index is -0.363. The molecule has 0 aliphatic heterocycles. The SMILES string of the molecule is CCCC(NCC(O)COC)C1CC1. The Labute approximate surface area is 86.8 Å². The van der Waals surface area contributed by atoms with Gasteiger partial charge in [-0.2, -0.15) is 0 Å². The molecule has 2 unspecified atom stereocenters. The van der Waals surface area contributed by atoms with Gasteiger partial charge in [0.25, 0.3) is 0 Å². The van der Waals surface area contributed by atoms with Gasteiger partial charge in [0, 0.05) is 19.7 Å². The fraction of sp³-hybridized carbons (Fsp3) is 1.00. The molecule has 2 N–H and O–H groups in total. The zero-order chi connectivity index (χ0) is 10.4. The summed E-state index contributed by atoms with van der Waals surface area (Å²) in [6, 6.07) is 0.617. The molecule has 0 radical (unpaired) electrons. The zero-order valence-corrected chi connectivity index (χ0v) is 9.33. The maximum atomic E-state index is 9.48. The molecule has 0 bridgehead atoms. The standard InChI is InChI=1S/C11H23NO2/c1-3-4-11(9-5-6-9)12-7-10(13)8-14-2/h9-13H,3-8H2,1-2H3. The predicted molar refractivity (Wildman–Crippen MR) is 57.3 cm³/mol. The molecular formula is C11H23NO2. The molecule has 0 aromatic carbocycles. The van der Waals surface area contributed by atoms with Crippen LogP contribution in [0.3, 0.4) is 0 Å². The van der Waals surface area contributed by atoms with Gasteiger partial charge in [-0.1, -0.05) is 13.3 Å². The summed E-state index contributed by atoms with van der Waals surface area (Å²) in [7, 11) is 1.62. The van der Waals surface area contributed by atoms with Gasteiger partial charge in [0.1, 0.15) is 0 Å². The Bertz CT molecular complexity index is 148. The van der Waals surface area contributed by atoms with Gasteiger partial charge in [0.15, 0.2) is 0 Å². The van der Waals surface area contributed by atoms with Crippen molar-refractivity contribution in [2.45, 2.75) is 44.8 Å². The number of aliphatic hydroxyl groups is 1. The normalized spacial score (nSPS) is 20.8. The van der Waals surface area contributed by atoms with Crippen molar-refractivity contribution in [1.82, 2.24) is 5.32 Å². The second-order valence-electron chi connectivity index (χ2n) is 4.25. The summed E-state index contributed by atoms with van der Waals surface area (Å²) in [5.74, 6) is 0.865. The van der Waals surface area contributed by atoms with Crippen LogP contribution in [-0.2, 0) is 4.74 Å². The molecule has 1 aliphatic rings. The molecule has 0 heterocycles. The first-order valence-electron chi connectivity index (χ1n) is 5.68. The lowest BCUT2D eigenvalue weighted by atomic mass is 10.1. The number of nitrogens with one attached hydrogen (secondary N) is 1. The highest BCUT2D eigenvalue weighted by atomic mass is 16.5. The second-order valence-corrected chi connectivity index (χ2v) is 4.25. The van der Waals surface area contributed by atoms with Crippen LogP contribution in [0.2, 0.25) is 0 Å². The molecule has 2 atom stereocenters. The van der Waals surface area contributed by atoms with Gasteiger partial charge in [-0.05, 0) is 25.2 Å². The van der Waals surface area contributed by atoms with E-state index in [0.717, 1.165) is 5.92 Å². The monoisotopic (exact) mass is 201 g/mol. The van der Waals surface area contributed by atoms with Crippen LogP contribution in [0.25, 0.3) is 0 Å². The van der Waals surface area contributed by atoms with Crippen molar-refractivity contribution >= 4 is 0 Å². The maximum Gasteiger partial charge on any atom is 0.0897 e. The van der Waals surface area contributed by atoms with Crippen LogP contribution in [-0.4, -0.2) is 37.5 Å². The number of hydrogen-bond acceptors (Lipinski definition) is 3. The third-order valence-electron chi connectivity index (χ3n) is 2.77. The molecule has 1 aliphatic carbocycles. The van der Waals surface area contributed by atoms with Crippen molar-refractivity contribution in [3.05, 3.63) is 0 Å². The number of methoxy groups -OCH3 is 1. The largest absolute Gasteiger partial charge is 0.389 e. The van der Waals surface area contributed by atoms with E-state index in [1.165, 1.54) is 25.7 Å². The highest BCUT2D eigenvalue weighted by molar-refractivity contribution is 4.86. The minimum absolute atomic E-state index is 0.363. The van der Waals surface area contributed by atoms with Gasteiger partial charge in [0.2, 0.25) is 0 Å². The Balaban J connectivity index is 2.12. The Morgan fingerprint density at radius 2 is 2.21 bits per heavy atom. The lowest BCUT2D eigenvalue weighted by Crippen LogP contribution is -2.38. The van der Waals surface area contributed by atoms with Gasteiger partial charge >= 0.3 is 0 Å². The Hall–Kier alpha value is -0.120. The van der Waals surface area contributed by atoms with E-state index in [1.54, 1.807) is 7.11 Å². The summed E-state index contributed by atoms with van der Waals surface area (Å²) >= 11 is 0. The first kappa shape index (κ1) is 12.0. The van der Waals surface area contributed by atoms with Gasteiger partial charge in [0.05, 0.1) is 12.7 Å². The quantitative estimate of drug-likeness (QED) is 0.619. The zero-order valence-electron chi connectivity index (χ0n) is 9.33. The summed E-state index contributed by atoms with van der Waals surface area (Å²) in [6.07, 6.45) is 4.80. The Kier molecular flexibility index (Phi) is 5.45. The van der Waals surface area contributed by atoms with E-state index in [9.17, 15) is 5.11 Å². The highest BCUT2D eigenvalue weighted by Crippen LogP contribution is 2.34. The van der Waals surface area contributed by atoms with Crippen molar-refractivity contribution in [3.8, 4) is 0 Å². The molecular weight excluding hydrogens is 178 g/mol. The molecule has 1 fully saturated rings. The van der Waals surface area contributed by atoms with E-state index in [4.69, 9.17) is 4.74 Å². The van der Waals surface area contributed by atoms with E-state index in [0.29, 0.717) is 19.2 Å². The van der Waals surface area contributed by atoms with Crippen molar-refractivity contribution in [3.63, 3.8) is 0 Å². The van der Waals surface area contributed by atoms with Crippen LogP contribution >= 0.6 is 0 Å². The smallest absolute Gasteiger partial charge is 0.0897 e. The van der Waals surface area contributed by atoms with Crippen LogP contribution < -0.4 is 5.32 Å². The summed E-state index contributed by atoms with van der Waals surface area (Å²) < 4.78 is 4.88. The Morgan fingerprint density at radius 1 is 1.50 bits per heavy atom. The van der Waals surface area contributed by atoms with Crippen LogP contribution in [0, 0.1) is 5.92 Å². The average Bonchev–Trinajstić information content (AvgIpc) is 2.96. The van der Waals surface area contributed by atoms with E-state index in [1.807, 2.05) is 0 Å². The Morgan fingerprint density at radius 3 is 2.71 bits per heavy atom. The fourth-order valence-corrected chi connectivity index (χ4v) is 1.85. The van der Waals surface area contributed by atoms with Crippen LogP contribution in [0.1, 0.15) is 32.6 Å². The number of ether oxygens (including phenoxy) is 1. The first-order chi connectivity index (χ1) is 6.77. The van der Waals surface area contributed by atoms with E-state index < -0.39 is 0 Å². The fourth-order valence-electron chi connectivity index (χ4n) is 1.85. The van der Waals surface area contributed by atoms with Crippen LogP contribution in [0.4, 0.5) is 0 Å². The van der Waals surface area contributed by atoms with Crippen molar-refractivity contribution < 1.29 is 9.84 Å². The lowest BCUT2D eigenvalue weighted by Gasteiger charge is -2.19. The van der Waals surface area contributed by atoms with E-state index >= 15 is 0 Å². The lowest BCUT2D eigenvalue weighted by molar-refractivity contribution is 0.0619. The minimum Gasteiger partial charge on any atom is -0.389 e. The molecule has 3 heteroatoms. The first-order valence-corrected chi connectivity index (χ1v) is 5.68. The topological polar surface area (TPSA) is 41.5 Å². The molecule has 0 aromatic heterocycles. The van der Waals surface area contributed by atoms with Gasteiger partial charge in [-0.3, -0.25) is 0 Å². The molecule has 1 rings (SSSR count). The number of hydrogen-bond donors (Lipinski definition) is 2. The predicted octanol–water partition coefficient (Wildman–Crippen LogP) is 1.16. The molecule has 3 nitrogen and oxygen atoms in total. The molecule has 0 saturated heterocycles.